The SMILES string of the molecule is CS(=O)(=O)O.O=C1CCCNC1=O. The van der Waals surface area contributed by atoms with Crippen LogP contribution in [0.15, 0.2) is 0 Å². The van der Waals surface area contributed by atoms with E-state index >= 15 is 0 Å². The van der Waals surface area contributed by atoms with E-state index in [9.17, 15) is 18.0 Å². The van der Waals surface area contributed by atoms with Gasteiger partial charge in [0.05, 0.1) is 6.26 Å². The van der Waals surface area contributed by atoms with Crippen molar-refractivity contribution in [3.63, 3.8) is 0 Å². The number of piperidine rings is 1. The minimum Gasteiger partial charge on any atom is -0.349 e. The van der Waals surface area contributed by atoms with E-state index in [1.54, 1.807) is 0 Å². The molecule has 2 N–H and O–H groups in total. The maximum absolute atomic E-state index is 10.4. The van der Waals surface area contributed by atoms with Gasteiger partial charge in [-0.1, -0.05) is 0 Å². The van der Waals surface area contributed by atoms with Crippen molar-refractivity contribution in [1.82, 2.24) is 5.32 Å². The molecule has 1 saturated heterocycles. The zero-order chi connectivity index (χ0) is 10.5. The summed E-state index contributed by atoms with van der Waals surface area (Å²) in [6.45, 7) is 0.657. The molecule has 6 nitrogen and oxygen atoms in total. The van der Waals surface area contributed by atoms with Gasteiger partial charge in [-0.15, -0.1) is 0 Å². The lowest BCUT2D eigenvalue weighted by molar-refractivity contribution is -0.139. The number of nitrogens with one attached hydrogen (secondary N) is 1. The van der Waals surface area contributed by atoms with Crippen molar-refractivity contribution in [2.24, 2.45) is 0 Å². The first kappa shape index (κ1) is 12.0. The molecule has 0 aliphatic carbocycles. The minimum atomic E-state index is -3.67. The van der Waals surface area contributed by atoms with Crippen LogP contribution in [0.4, 0.5) is 0 Å². The van der Waals surface area contributed by atoms with Crippen LogP contribution in [0, 0.1) is 0 Å². The number of carbonyl (C=O) groups excluding carboxylic acids is 2. The van der Waals surface area contributed by atoms with E-state index in [1.807, 2.05) is 0 Å². The van der Waals surface area contributed by atoms with Gasteiger partial charge < -0.3 is 5.32 Å². The van der Waals surface area contributed by atoms with Crippen LogP contribution >= 0.6 is 0 Å². The minimum absolute atomic E-state index is 0.281. The normalized spacial score (nSPS) is 17.1. The fraction of sp³-hybridized carbons (Fsp3) is 0.667. The Hall–Kier alpha value is -0.950. The molecule has 1 amide bonds. The number of rotatable bonds is 0. The molecule has 0 unspecified atom stereocenters. The van der Waals surface area contributed by atoms with E-state index in [1.165, 1.54) is 0 Å². The van der Waals surface area contributed by atoms with E-state index in [0.29, 0.717) is 19.2 Å². The molecule has 0 aromatic heterocycles. The van der Waals surface area contributed by atoms with Crippen molar-refractivity contribution in [1.29, 1.82) is 0 Å². The summed E-state index contributed by atoms with van der Waals surface area (Å²) in [5.74, 6) is -0.701. The molecule has 0 aromatic carbocycles. The molecule has 0 saturated carbocycles. The third-order valence-electron chi connectivity index (χ3n) is 1.12. The van der Waals surface area contributed by atoms with Gasteiger partial charge in [0.1, 0.15) is 0 Å². The Balaban J connectivity index is 0.000000252. The fourth-order valence-corrected chi connectivity index (χ4v) is 0.663. The highest BCUT2D eigenvalue weighted by molar-refractivity contribution is 7.85. The van der Waals surface area contributed by atoms with Crippen molar-refractivity contribution in [3.8, 4) is 0 Å². The molecule has 1 aliphatic rings. The highest BCUT2D eigenvalue weighted by Crippen LogP contribution is 1.94. The van der Waals surface area contributed by atoms with Gasteiger partial charge in [0.2, 0.25) is 5.78 Å². The molecule has 0 radical (unpaired) electrons. The topological polar surface area (TPSA) is 101 Å². The van der Waals surface area contributed by atoms with Crippen LogP contribution in [0.25, 0.3) is 0 Å². The third-order valence-corrected chi connectivity index (χ3v) is 1.12. The molecule has 0 atom stereocenters. The number of carbonyl (C=O) groups is 2. The Morgan fingerprint density at radius 2 is 1.85 bits per heavy atom. The molecule has 1 fully saturated rings. The second-order valence-corrected chi connectivity index (χ2v) is 3.98. The lowest BCUT2D eigenvalue weighted by atomic mass is 10.1. The van der Waals surface area contributed by atoms with Gasteiger partial charge in [-0.25, -0.2) is 0 Å². The van der Waals surface area contributed by atoms with Crippen molar-refractivity contribution >= 4 is 21.8 Å². The van der Waals surface area contributed by atoms with Gasteiger partial charge in [-0.3, -0.25) is 14.1 Å². The summed E-state index contributed by atoms with van der Waals surface area (Å²) in [5.41, 5.74) is 0. The van der Waals surface area contributed by atoms with E-state index in [4.69, 9.17) is 4.55 Å². The molecule has 0 aromatic rings. The summed E-state index contributed by atoms with van der Waals surface area (Å²) < 4.78 is 25.9. The molecule has 7 heteroatoms. The first-order chi connectivity index (χ1) is 5.80. The Bertz CT molecular complexity index is 270. The second kappa shape index (κ2) is 4.93. The predicted molar refractivity (Wildman–Crippen MR) is 44.7 cm³/mol. The quantitative estimate of drug-likeness (QED) is 0.392. The maximum Gasteiger partial charge on any atom is 0.287 e. The first-order valence-electron chi connectivity index (χ1n) is 3.54. The average molecular weight is 209 g/mol. The van der Waals surface area contributed by atoms with Crippen molar-refractivity contribution in [3.05, 3.63) is 0 Å². The molecule has 1 rings (SSSR count). The summed E-state index contributed by atoms with van der Waals surface area (Å²) >= 11 is 0. The number of Topliss-reactive ketones (excluding diaryl/α,β-unsaturated/α-hetero) is 1. The monoisotopic (exact) mass is 209 g/mol. The van der Waals surface area contributed by atoms with Gasteiger partial charge in [-0.2, -0.15) is 8.42 Å². The van der Waals surface area contributed by atoms with Crippen LogP contribution in [0.3, 0.4) is 0 Å². The van der Waals surface area contributed by atoms with E-state index in [0.717, 1.165) is 6.42 Å². The molecular formula is C6H11NO5S. The number of amides is 1. The standard InChI is InChI=1S/C5H7NO2.CH4O3S/c7-4-2-1-3-6-5(4)8;1-5(2,3)4/h1-3H2,(H,6,8);1H3,(H,2,3,4). The summed E-state index contributed by atoms with van der Waals surface area (Å²) in [7, 11) is -3.67. The van der Waals surface area contributed by atoms with Crippen LogP contribution < -0.4 is 5.32 Å². The van der Waals surface area contributed by atoms with Gasteiger partial charge >= 0.3 is 0 Å². The number of hydrogen-bond acceptors (Lipinski definition) is 4. The predicted octanol–water partition coefficient (Wildman–Crippen LogP) is -1.03. The molecule has 0 bridgehead atoms. The molecule has 76 valence electrons. The third kappa shape index (κ3) is 8.96. The number of hydrogen-bond donors (Lipinski definition) is 2. The molecular weight excluding hydrogens is 198 g/mol. The lowest BCUT2D eigenvalue weighted by Gasteiger charge is -2.07. The number of ketones is 1. The van der Waals surface area contributed by atoms with Gasteiger partial charge in [0.25, 0.3) is 16.0 Å². The van der Waals surface area contributed by atoms with Gasteiger partial charge in [-0.05, 0) is 6.42 Å². The van der Waals surface area contributed by atoms with E-state index in [2.05, 4.69) is 5.32 Å². The van der Waals surface area contributed by atoms with Gasteiger partial charge in [0, 0.05) is 13.0 Å². The molecule has 13 heavy (non-hydrogen) atoms. The van der Waals surface area contributed by atoms with E-state index in [-0.39, 0.29) is 5.78 Å². The Morgan fingerprint density at radius 1 is 1.38 bits per heavy atom. The molecule has 1 aliphatic heterocycles. The van der Waals surface area contributed by atoms with Crippen LogP contribution in [0.5, 0.6) is 0 Å². The fourth-order valence-electron chi connectivity index (χ4n) is 0.663. The van der Waals surface area contributed by atoms with Crippen molar-refractivity contribution < 1.29 is 22.6 Å². The Kier molecular flexibility index (Phi) is 4.57. The van der Waals surface area contributed by atoms with Crippen molar-refractivity contribution in [2.45, 2.75) is 12.8 Å². The highest BCUT2D eigenvalue weighted by Gasteiger charge is 2.16. The highest BCUT2D eigenvalue weighted by atomic mass is 32.2. The first-order valence-corrected chi connectivity index (χ1v) is 5.39. The summed E-state index contributed by atoms with van der Waals surface area (Å²) in [6.07, 6.45) is 1.93. The van der Waals surface area contributed by atoms with Crippen LogP contribution in [-0.2, 0) is 19.7 Å². The Labute approximate surface area is 76.1 Å². The summed E-state index contributed by atoms with van der Waals surface area (Å²) in [5, 5.41) is 2.44. The van der Waals surface area contributed by atoms with Crippen LogP contribution in [0.1, 0.15) is 12.8 Å². The molecule has 1 heterocycles. The smallest absolute Gasteiger partial charge is 0.287 e. The second-order valence-electron chi connectivity index (χ2n) is 2.52. The van der Waals surface area contributed by atoms with Crippen LogP contribution in [0.2, 0.25) is 0 Å². The molecule has 0 spiro atoms. The van der Waals surface area contributed by atoms with Crippen LogP contribution in [-0.4, -0.2) is 37.5 Å². The Morgan fingerprint density at radius 3 is 2.08 bits per heavy atom. The average Bonchev–Trinajstić information content (AvgIpc) is 1.92. The van der Waals surface area contributed by atoms with Crippen molar-refractivity contribution in [2.75, 3.05) is 12.8 Å². The summed E-state index contributed by atoms with van der Waals surface area (Å²) in [6, 6.07) is 0. The van der Waals surface area contributed by atoms with Gasteiger partial charge in [0.15, 0.2) is 0 Å². The zero-order valence-corrected chi connectivity index (χ0v) is 7.93. The van der Waals surface area contributed by atoms with E-state index < -0.39 is 16.0 Å². The largest absolute Gasteiger partial charge is 0.349 e. The lowest BCUT2D eigenvalue weighted by Crippen LogP contribution is -2.36. The maximum atomic E-state index is 10.4. The zero-order valence-electron chi connectivity index (χ0n) is 7.11. The summed E-state index contributed by atoms with van der Waals surface area (Å²) in [4.78, 5) is 20.7.